The number of aromatic nitrogens is 3. The lowest BCUT2D eigenvalue weighted by Crippen LogP contribution is -2.22. The fraction of sp³-hybridized carbons (Fsp3) is 0.0968. The number of nitrogens with zero attached hydrogens (tertiary/aromatic N) is 4. The van der Waals surface area contributed by atoms with Crippen molar-refractivity contribution in [2.45, 2.75) is 19.6 Å². The molecule has 5 heteroatoms. The van der Waals surface area contributed by atoms with Gasteiger partial charge in [0.2, 0.25) is 0 Å². The van der Waals surface area contributed by atoms with Crippen LogP contribution in [0, 0.1) is 0 Å². The number of fused-ring (bicyclic) bond motifs is 1. The highest BCUT2D eigenvalue weighted by Gasteiger charge is 2.12. The lowest BCUT2D eigenvalue weighted by atomic mass is 10.1. The van der Waals surface area contributed by atoms with Gasteiger partial charge in [0, 0.05) is 42.5 Å². The van der Waals surface area contributed by atoms with E-state index in [4.69, 9.17) is 4.98 Å². The third-order valence-electron chi connectivity index (χ3n) is 6.32. The van der Waals surface area contributed by atoms with E-state index < -0.39 is 0 Å². The van der Waals surface area contributed by atoms with E-state index in [1.54, 1.807) is 11.3 Å². The van der Waals surface area contributed by atoms with Gasteiger partial charge in [-0.2, -0.15) is 0 Å². The van der Waals surface area contributed by atoms with Crippen LogP contribution in [0.5, 0.6) is 0 Å². The second kappa shape index (κ2) is 10.3. The predicted molar refractivity (Wildman–Crippen MR) is 148 cm³/mol. The molecular weight excluding hydrogens is 460 g/mol. The van der Waals surface area contributed by atoms with Crippen LogP contribution in [0.3, 0.4) is 0 Å². The molecule has 0 fully saturated rings. The highest BCUT2D eigenvalue weighted by atomic mass is 32.1. The van der Waals surface area contributed by atoms with E-state index in [1.807, 2.05) is 17.9 Å². The minimum Gasteiger partial charge on any atom is -0.299 e. The summed E-state index contributed by atoms with van der Waals surface area (Å²) in [6.45, 7) is 2.64. The summed E-state index contributed by atoms with van der Waals surface area (Å²) in [5, 5.41) is 3.04. The van der Waals surface area contributed by atoms with Gasteiger partial charge in [0.05, 0.1) is 11.0 Å². The zero-order chi connectivity index (χ0) is 24.2. The number of hydrogen-bond donors (Lipinski definition) is 0. The van der Waals surface area contributed by atoms with Crippen molar-refractivity contribution < 1.29 is 0 Å². The van der Waals surface area contributed by atoms with Crippen molar-refractivity contribution in [2.24, 2.45) is 0 Å². The molecular formula is C31H26N4S. The molecule has 4 nitrogen and oxygen atoms in total. The lowest BCUT2D eigenvalue weighted by Gasteiger charge is -2.23. The smallest absolute Gasteiger partial charge is 0.123 e. The molecule has 0 aliphatic rings. The summed E-state index contributed by atoms with van der Waals surface area (Å²) in [6.07, 6.45) is 3.76. The van der Waals surface area contributed by atoms with Crippen LogP contribution >= 0.6 is 11.3 Å². The Morgan fingerprint density at radius 3 is 2.08 bits per heavy atom. The number of hydrogen-bond acceptors (Lipinski definition) is 4. The molecule has 0 atom stereocenters. The second-order valence-electron chi connectivity index (χ2n) is 8.94. The minimum atomic E-state index is 0.853. The monoisotopic (exact) mass is 486 g/mol. The van der Waals surface area contributed by atoms with E-state index in [9.17, 15) is 0 Å². The summed E-state index contributed by atoms with van der Waals surface area (Å²) in [5.74, 6) is 0. The van der Waals surface area contributed by atoms with Crippen LogP contribution < -0.4 is 0 Å². The fourth-order valence-corrected chi connectivity index (χ4v) is 5.26. The second-order valence-corrected chi connectivity index (χ2v) is 9.84. The molecule has 0 aliphatic heterocycles. The molecule has 0 spiro atoms. The summed E-state index contributed by atoms with van der Waals surface area (Å²) < 4.78 is 2.15. The quantitative estimate of drug-likeness (QED) is 0.225. The molecule has 176 valence electrons. The van der Waals surface area contributed by atoms with Gasteiger partial charge in [-0.3, -0.25) is 9.47 Å². The van der Waals surface area contributed by atoms with Gasteiger partial charge < -0.3 is 0 Å². The van der Waals surface area contributed by atoms with E-state index in [0.29, 0.717) is 0 Å². The van der Waals surface area contributed by atoms with Crippen molar-refractivity contribution in [3.63, 3.8) is 0 Å². The molecule has 0 N–H and O–H groups in total. The van der Waals surface area contributed by atoms with Crippen LogP contribution in [0.15, 0.2) is 121 Å². The van der Waals surface area contributed by atoms with Gasteiger partial charge in [-0.15, -0.1) is 11.3 Å². The van der Waals surface area contributed by atoms with Crippen LogP contribution in [0.4, 0.5) is 0 Å². The maximum absolute atomic E-state index is 4.75. The van der Waals surface area contributed by atoms with Gasteiger partial charge in [-0.25, -0.2) is 9.97 Å². The van der Waals surface area contributed by atoms with Gasteiger partial charge in [0.25, 0.3) is 0 Å². The molecule has 0 bridgehead atoms. The maximum Gasteiger partial charge on any atom is 0.123 e. The van der Waals surface area contributed by atoms with Crippen LogP contribution in [0.1, 0.15) is 16.7 Å². The summed E-state index contributed by atoms with van der Waals surface area (Å²) in [6, 6.07) is 36.5. The first-order valence-corrected chi connectivity index (χ1v) is 13.0. The molecule has 36 heavy (non-hydrogen) atoms. The Balaban J connectivity index is 1.27. The van der Waals surface area contributed by atoms with E-state index >= 15 is 0 Å². The summed E-state index contributed by atoms with van der Waals surface area (Å²) in [7, 11) is 0. The van der Waals surface area contributed by atoms with Crippen molar-refractivity contribution in [1.82, 2.24) is 19.4 Å². The Labute approximate surface area is 215 Å². The Morgan fingerprint density at radius 2 is 1.39 bits per heavy atom. The molecule has 6 rings (SSSR count). The van der Waals surface area contributed by atoms with E-state index in [-0.39, 0.29) is 0 Å². The van der Waals surface area contributed by atoms with E-state index in [1.165, 1.54) is 16.7 Å². The molecule has 0 saturated carbocycles. The zero-order valence-corrected chi connectivity index (χ0v) is 20.7. The lowest BCUT2D eigenvalue weighted by molar-refractivity contribution is 0.248. The van der Waals surface area contributed by atoms with Gasteiger partial charge in [-0.05, 0) is 41.0 Å². The average molecular weight is 487 g/mol. The molecule has 6 aromatic rings. The van der Waals surface area contributed by atoms with Crippen LogP contribution in [-0.4, -0.2) is 19.4 Å². The summed E-state index contributed by atoms with van der Waals surface area (Å²) >= 11 is 1.65. The Hall–Kier alpha value is -4.06. The summed E-state index contributed by atoms with van der Waals surface area (Å²) in [5.41, 5.74) is 8.22. The Bertz CT molecular complexity index is 1520. The zero-order valence-electron chi connectivity index (χ0n) is 19.9. The molecule has 0 aliphatic carbocycles. The average Bonchev–Trinajstić information content (AvgIpc) is 3.60. The molecule has 2 aromatic heterocycles. The van der Waals surface area contributed by atoms with Crippen molar-refractivity contribution >= 4 is 22.4 Å². The van der Waals surface area contributed by atoms with Crippen LogP contribution in [0.25, 0.3) is 27.3 Å². The highest BCUT2D eigenvalue weighted by Crippen LogP contribution is 2.26. The molecule has 0 radical (unpaired) electrons. The maximum atomic E-state index is 4.75. The predicted octanol–water partition coefficient (Wildman–Crippen LogP) is 7.35. The van der Waals surface area contributed by atoms with Crippen molar-refractivity contribution in [3.8, 4) is 16.3 Å². The third-order valence-corrected chi connectivity index (χ3v) is 7.14. The molecule has 2 heterocycles. The third kappa shape index (κ3) is 4.98. The standard InChI is InChI=1S/C31H26N4S/c1-3-8-24(9-4-1)20-34(21-25-10-5-2-6-11-25)22-26-14-15-30-29(18-26)33-23-35(30)28-13-7-12-27(19-28)31-32-16-17-36-31/h1-19,23H,20-22H2. The first-order valence-electron chi connectivity index (χ1n) is 12.1. The first-order chi connectivity index (χ1) is 17.8. The normalized spacial score (nSPS) is 11.4. The van der Waals surface area contributed by atoms with Crippen molar-refractivity contribution in [3.05, 3.63) is 138 Å². The molecule has 0 amide bonds. The van der Waals surface area contributed by atoms with Crippen LogP contribution in [0.2, 0.25) is 0 Å². The van der Waals surface area contributed by atoms with Gasteiger partial charge in [0.1, 0.15) is 11.3 Å². The molecule has 0 unspecified atom stereocenters. The number of rotatable bonds is 8. The Kier molecular flexibility index (Phi) is 6.40. The molecule has 0 saturated heterocycles. The first kappa shape index (κ1) is 22.4. The van der Waals surface area contributed by atoms with Crippen molar-refractivity contribution in [1.29, 1.82) is 0 Å². The fourth-order valence-electron chi connectivity index (χ4n) is 4.63. The largest absolute Gasteiger partial charge is 0.299 e. The summed E-state index contributed by atoms with van der Waals surface area (Å²) in [4.78, 5) is 11.7. The van der Waals surface area contributed by atoms with Crippen molar-refractivity contribution in [2.75, 3.05) is 0 Å². The topological polar surface area (TPSA) is 34.0 Å². The highest BCUT2D eigenvalue weighted by molar-refractivity contribution is 7.13. The SMILES string of the molecule is c1ccc(CN(Cc2ccccc2)Cc2ccc3c(c2)ncn3-c2cccc(-c3nccs3)c2)cc1. The van der Waals surface area contributed by atoms with Crippen LogP contribution in [-0.2, 0) is 19.6 Å². The minimum absolute atomic E-state index is 0.853. The van der Waals surface area contributed by atoms with Gasteiger partial charge in [0.15, 0.2) is 0 Å². The Morgan fingerprint density at radius 1 is 0.667 bits per heavy atom. The van der Waals surface area contributed by atoms with Gasteiger partial charge >= 0.3 is 0 Å². The van der Waals surface area contributed by atoms with E-state index in [0.717, 1.165) is 46.9 Å². The molecule has 4 aromatic carbocycles. The van der Waals surface area contributed by atoms with Gasteiger partial charge in [-0.1, -0.05) is 78.9 Å². The number of benzene rings is 4. The number of imidazole rings is 1. The number of thiazole rings is 1. The van der Waals surface area contributed by atoms with E-state index in [2.05, 4.69) is 118 Å².